The molecule has 28 heavy (non-hydrogen) atoms. The first-order chi connectivity index (χ1) is 13.3. The smallest absolute Gasteiger partial charge is 0.321 e. The Kier molecular flexibility index (Phi) is 7.88. The second kappa shape index (κ2) is 10.4. The molecule has 0 unspecified atom stereocenters. The SMILES string of the molecule is CC(=O)OCCC(=O)N(C)Cc1csc(NC(=O)NCc2cccc(F)c2)n1. The van der Waals surface area contributed by atoms with E-state index in [9.17, 15) is 18.8 Å². The average Bonchev–Trinajstić information content (AvgIpc) is 3.06. The van der Waals surface area contributed by atoms with Crippen LogP contribution < -0.4 is 10.6 Å². The summed E-state index contributed by atoms with van der Waals surface area (Å²) in [5.74, 6) is -0.978. The Bertz CT molecular complexity index is 842. The molecule has 1 aromatic heterocycles. The van der Waals surface area contributed by atoms with E-state index >= 15 is 0 Å². The van der Waals surface area contributed by atoms with Crippen molar-refractivity contribution >= 4 is 34.4 Å². The van der Waals surface area contributed by atoms with Crippen molar-refractivity contribution in [2.24, 2.45) is 0 Å². The fourth-order valence-corrected chi connectivity index (χ4v) is 2.91. The molecule has 0 spiro atoms. The van der Waals surface area contributed by atoms with Crippen LogP contribution in [0.4, 0.5) is 14.3 Å². The van der Waals surface area contributed by atoms with Gasteiger partial charge in [-0.2, -0.15) is 0 Å². The Morgan fingerprint density at radius 1 is 1.32 bits per heavy atom. The molecule has 150 valence electrons. The van der Waals surface area contributed by atoms with Gasteiger partial charge in [0.1, 0.15) is 12.4 Å². The summed E-state index contributed by atoms with van der Waals surface area (Å²) < 4.78 is 17.9. The van der Waals surface area contributed by atoms with E-state index in [0.717, 1.165) is 0 Å². The summed E-state index contributed by atoms with van der Waals surface area (Å²) >= 11 is 1.23. The van der Waals surface area contributed by atoms with Crippen molar-refractivity contribution in [3.8, 4) is 0 Å². The molecule has 1 heterocycles. The van der Waals surface area contributed by atoms with Crippen LogP contribution in [0.25, 0.3) is 0 Å². The maximum atomic E-state index is 13.1. The van der Waals surface area contributed by atoms with Gasteiger partial charge in [-0.3, -0.25) is 14.9 Å². The van der Waals surface area contributed by atoms with E-state index in [2.05, 4.69) is 15.6 Å². The number of benzene rings is 1. The van der Waals surface area contributed by atoms with Crippen molar-refractivity contribution in [2.75, 3.05) is 19.0 Å². The van der Waals surface area contributed by atoms with Gasteiger partial charge in [0.05, 0.1) is 18.7 Å². The molecule has 0 aliphatic carbocycles. The molecule has 0 saturated heterocycles. The maximum absolute atomic E-state index is 13.1. The van der Waals surface area contributed by atoms with Gasteiger partial charge in [-0.05, 0) is 17.7 Å². The molecule has 0 saturated carbocycles. The normalized spacial score (nSPS) is 10.2. The number of amides is 3. The van der Waals surface area contributed by atoms with Gasteiger partial charge in [0.25, 0.3) is 0 Å². The molecule has 1 aromatic carbocycles. The molecule has 10 heteroatoms. The Morgan fingerprint density at radius 3 is 2.82 bits per heavy atom. The lowest BCUT2D eigenvalue weighted by molar-refractivity contribution is -0.142. The van der Waals surface area contributed by atoms with E-state index < -0.39 is 12.0 Å². The number of halogens is 1. The number of hydrogen-bond acceptors (Lipinski definition) is 6. The van der Waals surface area contributed by atoms with Crippen LogP contribution in [0, 0.1) is 5.82 Å². The summed E-state index contributed by atoms with van der Waals surface area (Å²) in [5.41, 5.74) is 1.26. The number of nitrogens with one attached hydrogen (secondary N) is 2. The summed E-state index contributed by atoms with van der Waals surface area (Å²) in [6, 6.07) is 5.49. The monoisotopic (exact) mass is 408 g/mol. The van der Waals surface area contributed by atoms with Crippen LogP contribution in [-0.2, 0) is 27.4 Å². The Balaban J connectivity index is 1.77. The van der Waals surface area contributed by atoms with Crippen LogP contribution in [0.2, 0.25) is 0 Å². The summed E-state index contributed by atoms with van der Waals surface area (Å²) in [6.07, 6.45) is 0.0911. The maximum Gasteiger partial charge on any atom is 0.321 e. The van der Waals surface area contributed by atoms with Crippen LogP contribution in [0.15, 0.2) is 29.6 Å². The lowest BCUT2D eigenvalue weighted by atomic mass is 10.2. The van der Waals surface area contributed by atoms with Crippen LogP contribution in [-0.4, -0.2) is 41.4 Å². The molecule has 0 atom stereocenters. The molecule has 3 amide bonds. The van der Waals surface area contributed by atoms with Crippen molar-refractivity contribution < 1.29 is 23.5 Å². The van der Waals surface area contributed by atoms with Gasteiger partial charge in [-0.15, -0.1) is 11.3 Å². The van der Waals surface area contributed by atoms with Gasteiger partial charge >= 0.3 is 12.0 Å². The van der Waals surface area contributed by atoms with Crippen molar-refractivity contribution in [2.45, 2.75) is 26.4 Å². The number of esters is 1. The van der Waals surface area contributed by atoms with E-state index in [1.165, 1.54) is 35.3 Å². The standard InChI is InChI=1S/C18H21FN4O4S/c1-12(24)27-7-6-16(25)23(2)10-15-11-28-18(21-15)22-17(26)20-9-13-4-3-5-14(19)8-13/h3-5,8,11H,6-7,9-10H2,1-2H3,(H2,20,21,22,26). The van der Waals surface area contributed by atoms with Crippen LogP contribution >= 0.6 is 11.3 Å². The second-order valence-corrected chi connectivity index (χ2v) is 6.78. The summed E-state index contributed by atoms with van der Waals surface area (Å²) in [7, 11) is 1.62. The van der Waals surface area contributed by atoms with E-state index in [1.54, 1.807) is 24.6 Å². The van der Waals surface area contributed by atoms with E-state index in [1.807, 2.05) is 0 Å². The van der Waals surface area contributed by atoms with Crippen molar-refractivity contribution in [3.05, 3.63) is 46.7 Å². The van der Waals surface area contributed by atoms with E-state index in [0.29, 0.717) is 16.4 Å². The molecule has 2 N–H and O–H groups in total. The second-order valence-electron chi connectivity index (χ2n) is 5.92. The quantitative estimate of drug-likeness (QED) is 0.654. The van der Waals surface area contributed by atoms with Gasteiger partial charge in [0.15, 0.2) is 5.13 Å². The largest absolute Gasteiger partial charge is 0.465 e. The van der Waals surface area contributed by atoms with Crippen molar-refractivity contribution in [1.82, 2.24) is 15.2 Å². The third-order valence-electron chi connectivity index (χ3n) is 3.56. The number of carbonyl (C=O) groups is 3. The molecule has 0 aliphatic rings. The summed E-state index contributed by atoms with van der Waals surface area (Å²) in [4.78, 5) is 40.3. The number of anilines is 1. The lowest BCUT2D eigenvalue weighted by Crippen LogP contribution is -2.28. The van der Waals surface area contributed by atoms with E-state index in [4.69, 9.17) is 4.74 Å². The minimum Gasteiger partial charge on any atom is -0.465 e. The molecule has 0 aliphatic heterocycles. The lowest BCUT2D eigenvalue weighted by Gasteiger charge is -2.15. The third kappa shape index (κ3) is 7.31. The molecular formula is C18H21FN4O4S. The predicted molar refractivity (Wildman–Crippen MR) is 102 cm³/mol. The molecule has 0 radical (unpaired) electrons. The number of urea groups is 1. The number of rotatable bonds is 8. The van der Waals surface area contributed by atoms with Gasteiger partial charge < -0.3 is 15.0 Å². The minimum absolute atomic E-state index is 0.0356. The zero-order valence-electron chi connectivity index (χ0n) is 15.5. The molecular weight excluding hydrogens is 387 g/mol. The highest BCUT2D eigenvalue weighted by molar-refractivity contribution is 7.13. The topological polar surface area (TPSA) is 101 Å². The first kappa shape index (κ1) is 21.3. The van der Waals surface area contributed by atoms with Crippen LogP contribution in [0.1, 0.15) is 24.6 Å². The average molecular weight is 408 g/mol. The van der Waals surface area contributed by atoms with Gasteiger partial charge in [-0.25, -0.2) is 14.2 Å². The Morgan fingerprint density at radius 2 is 2.11 bits per heavy atom. The predicted octanol–water partition coefficient (Wildman–Crippen LogP) is 2.52. The van der Waals surface area contributed by atoms with Crippen LogP contribution in [0.5, 0.6) is 0 Å². The fourth-order valence-electron chi connectivity index (χ4n) is 2.21. The Labute approximate surface area is 165 Å². The van der Waals surface area contributed by atoms with Gasteiger partial charge in [0, 0.05) is 25.9 Å². The number of thiazole rings is 1. The fraction of sp³-hybridized carbons (Fsp3) is 0.333. The highest BCUT2D eigenvalue weighted by Gasteiger charge is 2.13. The molecule has 2 aromatic rings. The highest BCUT2D eigenvalue weighted by Crippen LogP contribution is 2.16. The summed E-state index contributed by atoms with van der Waals surface area (Å²) in [5, 5.41) is 7.33. The number of hydrogen-bond donors (Lipinski definition) is 2. The number of ether oxygens (including phenoxy) is 1. The Hall–Kier alpha value is -3.01. The van der Waals surface area contributed by atoms with Gasteiger partial charge in [0.2, 0.25) is 5.91 Å². The zero-order chi connectivity index (χ0) is 20.5. The molecule has 8 nitrogen and oxygen atoms in total. The zero-order valence-corrected chi connectivity index (χ0v) is 16.3. The molecule has 2 rings (SSSR count). The van der Waals surface area contributed by atoms with Crippen LogP contribution in [0.3, 0.4) is 0 Å². The molecule has 0 bridgehead atoms. The van der Waals surface area contributed by atoms with Gasteiger partial charge in [-0.1, -0.05) is 12.1 Å². The third-order valence-corrected chi connectivity index (χ3v) is 4.37. The first-order valence-electron chi connectivity index (χ1n) is 8.44. The summed E-state index contributed by atoms with van der Waals surface area (Å²) in [6.45, 7) is 1.77. The highest BCUT2D eigenvalue weighted by atomic mass is 32.1. The molecule has 0 fully saturated rings. The number of aromatic nitrogens is 1. The number of carbonyl (C=O) groups excluding carboxylic acids is 3. The van der Waals surface area contributed by atoms with Crippen molar-refractivity contribution in [1.29, 1.82) is 0 Å². The number of nitrogens with zero attached hydrogens (tertiary/aromatic N) is 2. The van der Waals surface area contributed by atoms with E-state index in [-0.39, 0.29) is 37.8 Å². The minimum atomic E-state index is -0.462. The van der Waals surface area contributed by atoms with Crippen molar-refractivity contribution in [3.63, 3.8) is 0 Å². The first-order valence-corrected chi connectivity index (χ1v) is 9.32.